The van der Waals surface area contributed by atoms with Gasteiger partial charge < -0.3 is 4.74 Å². The molecule has 4 nitrogen and oxygen atoms in total. The maximum Gasteiger partial charge on any atom is 0.266 e. The number of anilines is 1. The lowest BCUT2D eigenvalue weighted by Gasteiger charge is -2.22. The lowest BCUT2D eigenvalue weighted by molar-refractivity contribution is -0.120. The Hall–Kier alpha value is -2.85. The molecule has 0 aliphatic carbocycles. The molecule has 0 saturated carbocycles. The minimum absolute atomic E-state index is 0.0623. The Morgan fingerprint density at radius 1 is 1.04 bits per heavy atom. The molecule has 0 aliphatic heterocycles. The highest BCUT2D eigenvalue weighted by Crippen LogP contribution is 2.17. The van der Waals surface area contributed by atoms with Crippen LogP contribution in [0.15, 0.2) is 72.9 Å². The third-order valence-electron chi connectivity index (χ3n) is 3.86. The van der Waals surface area contributed by atoms with Gasteiger partial charge in [0.1, 0.15) is 11.6 Å². The van der Waals surface area contributed by atoms with Gasteiger partial charge in [-0.15, -0.1) is 0 Å². The van der Waals surface area contributed by atoms with Crippen molar-refractivity contribution in [3.8, 4) is 5.75 Å². The van der Waals surface area contributed by atoms with Crippen LogP contribution in [0.3, 0.4) is 0 Å². The van der Waals surface area contributed by atoms with Gasteiger partial charge >= 0.3 is 0 Å². The first kappa shape index (κ1) is 18.0. The highest BCUT2D eigenvalue weighted by Gasteiger charge is 2.18. The van der Waals surface area contributed by atoms with Crippen LogP contribution >= 0.6 is 11.6 Å². The predicted molar refractivity (Wildman–Crippen MR) is 104 cm³/mol. The molecule has 0 N–H and O–H groups in total. The summed E-state index contributed by atoms with van der Waals surface area (Å²) in [6, 6.07) is 20.5. The standard InChI is InChI=1S/C21H19ClN2O2/c1-16-5-11-19(12-6-16)26-15-21(25)24(20-4-2-3-13-23-20)14-17-7-9-18(22)10-8-17/h2-13H,14-15H2,1H3. The topological polar surface area (TPSA) is 42.4 Å². The van der Waals surface area contributed by atoms with Crippen molar-refractivity contribution >= 4 is 23.3 Å². The van der Waals surface area contributed by atoms with E-state index in [0.717, 1.165) is 11.1 Å². The molecule has 5 heteroatoms. The van der Waals surface area contributed by atoms with Crippen LogP contribution in [0.2, 0.25) is 5.02 Å². The third-order valence-corrected chi connectivity index (χ3v) is 4.12. The van der Waals surface area contributed by atoms with Gasteiger partial charge in [-0.25, -0.2) is 4.98 Å². The fourth-order valence-electron chi connectivity index (χ4n) is 2.44. The number of carbonyl (C=O) groups excluding carboxylic acids is 1. The van der Waals surface area contributed by atoms with Gasteiger partial charge in [0.25, 0.3) is 5.91 Å². The van der Waals surface area contributed by atoms with E-state index in [-0.39, 0.29) is 12.5 Å². The molecule has 1 aromatic heterocycles. The van der Waals surface area contributed by atoms with Gasteiger partial charge in [-0.3, -0.25) is 9.69 Å². The first-order chi connectivity index (χ1) is 12.6. The zero-order valence-corrected chi connectivity index (χ0v) is 15.2. The summed E-state index contributed by atoms with van der Waals surface area (Å²) in [5, 5.41) is 0.659. The fourth-order valence-corrected chi connectivity index (χ4v) is 2.57. The van der Waals surface area contributed by atoms with Gasteiger partial charge in [-0.1, -0.05) is 47.5 Å². The quantitative estimate of drug-likeness (QED) is 0.637. The Morgan fingerprint density at radius 3 is 2.42 bits per heavy atom. The smallest absolute Gasteiger partial charge is 0.266 e. The molecule has 0 spiro atoms. The summed E-state index contributed by atoms with van der Waals surface area (Å²) in [4.78, 5) is 18.7. The minimum Gasteiger partial charge on any atom is -0.484 e. The SMILES string of the molecule is Cc1ccc(OCC(=O)N(Cc2ccc(Cl)cc2)c2ccccn2)cc1. The van der Waals surface area contributed by atoms with Gasteiger partial charge in [-0.2, -0.15) is 0 Å². The summed E-state index contributed by atoms with van der Waals surface area (Å²) in [5.41, 5.74) is 2.10. The monoisotopic (exact) mass is 366 g/mol. The van der Waals surface area contributed by atoms with Crippen LogP contribution in [0.1, 0.15) is 11.1 Å². The van der Waals surface area contributed by atoms with Crippen molar-refractivity contribution in [2.24, 2.45) is 0 Å². The molecule has 3 rings (SSSR count). The van der Waals surface area contributed by atoms with Crippen molar-refractivity contribution < 1.29 is 9.53 Å². The number of hydrogen-bond donors (Lipinski definition) is 0. The van der Waals surface area contributed by atoms with Gasteiger partial charge in [0.05, 0.1) is 6.54 Å². The molecule has 0 fully saturated rings. The summed E-state index contributed by atoms with van der Waals surface area (Å²) in [6.45, 7) is 2.33. The number of aromatic nitrogens is 1. The number of benzene rings is 2. The molecule has 0 radical (unpaired) electrons. The molecule has 0 bridgehead atoms. The molecule has 0 atom stereocenters. The number of halogens is 1. The molecule has 132 valence electrons. The van der Waals surface area contributed by atoms with Crippen LogP contribution in [0.5, 0.6) is 5.75 Å². The Labute approximate surface area is 158 Å². The van der Waals surface area contributed by atoms with Gasteiger partial charge in [0.2, 0.25) is 0 Å². The Morgan fingerprint density at radius 2 is 1.77 bits per heavy atom. The Balaban J connectivity index is 1.74. The van der Waals surface area contributed by atoms with Crippen molar-refractivity contribution in [3.63, 3.8) is 0 Å². The van der Waals surface area contributed by atoms with Gasteiger partial charge in [0.15, 0.2) is 6.61 Å². The molecule has 1 heterocycles. The highest BCUT2D eigenvalue weighted by atomic mass is 35.5. The maximum absolute atomic E-state index is 12.8. The zero-order valence-electron chi connectivity index (χ0n) is 14.4. The summed E-state index contributed by atoms with van der Waals surface area (Å²) < 4.78 is 5.64. The van der Waals surface area contributed by atoms with Gasteiger partial charge in [0, 0.05) is 11.2 Å². The summed E-state index contributed by atoms with van der Waals surface area (Å²) in [7, 11) is 0. The van der Waals surface area contributed by atoms with Crippen LogP contribution in [0, 0.1) is 6.92 Å². The Bertz CT molecular complexity index is 849. The number of hydrogen-bond acceptors (Lipinski definition) is 3. The summed E-state index contributed by atoms with van der Waals surface area (Å²) in [6.07, 6.45) is 1.66. The molecule has 1 amide bonds. The average Bonchev–Trinajstić information content (AvgIpc) is 2.67. The second-order valence-electron chi connectivity index (χ2n) is 5.90. The average molecular weight is 367 g/mol. The van der Waals surface area contributed by atoms with E-state index in [2.05, 4.69) is 4.98 Å². The third kappa shape index (κ3) is 4.83. The number of rotatable bonds is 6. The largest absolute Gasteiger partial charge is 0.484 e. The van der Waals surface area contributed by atoms with Crippen LogP contribution < -0.4 is 9.64 Å². The molecule has 3 aromatic rings. The summed E-state index contributed by atoms with van der Waals surface area (Å²) in [5.74, 6) is 1.08. The number of aryl methyl sites for hydroxylation is 1. The highest BCUT2D eigenvalue weighted by molar-refractivity contribution is 6.30. The van der Waals surface area contributed by atoms with Crippen molar-refractivity contribution in [2.45, 2.75) is 13.5 Å². The van der Waals surface area contributed by atoms with Crippen molar-refractivity contribution in [1.82, 2.24) is 4.98 Å². The Kier molecular flexibility index (Phi) is 5.87. The van der Waals surface area contributed by atoms with E-state index < -0.39 is 0 Å². The number of amides is 1. The van der Waals surface area contributed by atoms with Crippen LogP contribution in [0.4, 0.5) is 5.82 Å². The van der Waals surface area contributed by atoms with E-state index in [0.29, 0.717) is 23.1 Å². The fraction of sp³-hybridized carbons (Fsp3) is 0.143. The van der Waals surface area contributed by atoms with E-state index >= 15 is 0 Å². The van der Waals surface area contributed by atoms with Crippen LogP contribution in [0.25, 0.3) is 0 Å². The van der Waals surface area contributed by atoms with Crippen molar-refractivity contribution in [3.05, 3.63) is 89.1 Å². The minimum atomic E-state index is -0.167. The first-order valence-electron chi connectivity index (χ1n) is 8.27. The molecular formula is C21H19ClN2O2. The van der Waals surface area contributed by atoms with E-state index in [9.17, 15) is 4.79 Å². The number of carbonyl (C=O) groups is 1. The molecule has 0 aliphatic rings. The maximum atomic E-state index is 12.8. The second kappa shape index (κ2) is 8.50. The van der Waals surface area contributed by atoms with Crippen molar-refractivity contribution in [2.75, 3.05) is 11.5 Å². The molecule has 0 saturated heterocycles. The van der Waals surface area contributed by atoms with Gasteiger partial charge in [-0.05, 0) is 48.9 Å². The second-order valence-corrected chi connectivity index (χ2v) is 6.33. The first-order valence-corrected chi connectivity index (χ1v) is 8.65. The zero-order chi connectivity index (χ0) is 18.4. The van der Waals surface area contributed by atoms with Crippen LogP contribution in [-0.2, 0) is 11.3 Å². The van der Waals surface area contributed by atoms with E-state index in [1.807, 2.05) is 55.5 Å². The number of ether oxygens (including phenoxy) is 1. The van der Waals surface area contributed by atoms with E-state index in [1.165, 1.54) is 0 Å². The normalized spacial score (nSPS) is 10.4. The molecule has 26 heavy (non-hydrogen) atoms. The van der Waals surface area contributed by atoms with E-state index in [1.54, 1.807) is 29.3 Å². The molecular weight excluding hydrogens is 348 g/mol. The van der Waals surface area contributed by atoms with E-state index in [4.69, 9.17) is 16.3 Å². The lowest BCUT2D eigenvalue weighted by Crippen LogP contribution is -2.35. The number of pyridine rings is 1. The number of nitrogens with zero attached hydrogens (tertiary/aromatic N) is 2. The van der Waals surface area contributed by atoms with Crippen molar-refractivity contribution in [1.29, 1.82) is 0 Å². The molecule has 2 aromatic carbocycles. The molecule has 0 unspecified atom stereocenters. The lowest BCUT2D eigenvalue weighted by atomic mass is 10.2. The van der Waals surface area contributed by atoms with Crippen LogP contribution in [-0.4, -0.2) is 17.5 Å². The predicted octanol–water partition coefficient (Wildman–Crippen LogP) is 4.66. The summed E-state index contributed by atoms with van der Waals surface area (Å²) >= 11 is 5.94.